The molecule has 2 aromatic heterocycles. The fraction of sp³-hybridized carbons (Fsp3) is 0.273. The molecule has 0 saturated heterocycles. The van der Waals surface area contributed by atoms with Crippen LogP contribution in [0.3, 0.4) is 0 Å². The minimum Gasteiger partial charge on any atom is -0.348 e. The molecule has 7 nitrogen and oxygen atoms in total. The van der Waals surface area contributed by atoms with E-state index in [9.17, 15) is 22.8 Å². The lowest BCUT2D eigenvalue weighted by Crippen LogP contribution is -2.23. The molecule has 1 saturated carbocycles. The number of nitrogens with zero attached hydrogens (tertiary/aromatic N) is 3. The van der Waals surface area contributed by atoms with Crippen LogP contribution in [0.25, 0.3) is 5.82 Å². The van der Waals surface area contributed by atoms with Gasteiger partial charge in [0, 0.05) is 24.3 Å². The second-order valence-corrected chi connectivity index (χ2v) is 7.60. The SMILES string of the molecule is Cc1c(C(=O)NCc2cccc(NC(=O)C3CC3)c2)cnn1-c1ccc(C(F)(F)F)cn1. The fourth-order valence-electron chi connectivity index (χ4n) is 3.17. The van der Waals surface area contributed by atoms with Gasteiger partial charge in [0.1, 0.15) is 0 Å². The monoisotopic (exact) mass is 443 g/mol. The van der Waals surface area contributed by atoms with E-state index in [0.29, 0.717) is 11.4 Å². The van der Waals surface area contributed by atoms with Crippen molar-refractivity contribution in [1.29, 1.82) is 0 Å². The van der Waals surface area contributed by atoms with Crippen molar-refractivity contribution in [1.82, 2.24) is 20.1 Å². The highest BCUT2D eigenvalue weighted by Crippen LogP contribution is 2.30. The minimum absolute atomic E-state index is 0.00565. The first-order valence-electron chi connectivity index (χ1n) is 9.98. The molecule has 3 aromatic rings. The summed E-state index contributed by atoms with van der Waals surface area (Å²) in [5, 5.41) is 9.74. The van der Waals surface area contributed by atoms with Crippen LogP contribution in [0, 0.1) is 12.8 Å². The quantitative estimate of drug-likeness (QED) is 0.605. The number of rotatable bonds is 6. The maximum atomic E-state index is 12.7. The zero-order chi connectivity index (χ0) is 22.9. The molecule has 0 bridgehead atoms. The van der Waals surface area contributed by atoms with E-state index in [1.807, 2.05) is 6.07 Å². The van der Waals surface area contributed by atoms with Gasteiger partial charge in [0.15, 0.2) is 5.82 Å². The van der Waals surface area contributed by atoms with Crippen LogP contribution < -0.4 is 10.6 Å². The summed E-state index contributed by atoms with van der Waals surface area (Å²) in [7, 11) is 0. The maximum absolute atomic E-state index is 12.7. The number of anilines is 1. The van der Waals surface area contributed by atoms with Crippen molar-refractivity contribution in [3.63, 3.8) is 0 Å². The molecule has 0 atom stereocenters. The van der Waals surface area contributed by atoms with Gasteiger partial charge in [-0.3, -0.25) is 9.59 Å². The molecular weight excluding hydrogens is 423 g/mol. The number of pyridine rings is 1. The Kier molecular flexibility index (Phi) is 5.68. The third-order valence-electron chi connectivity index (χ3n) is 5.14. The standard InChI is InChI=1S/C22H20F3N5O2/c1-13-18(12-28-30(13)19-8-7-16(11-26-19)22(23,24)25)21(32)27-10-14-3-2-4-17(9-14)29-20(31)15-5-6-15/h2-4,7-9,11-12,15H,5-6,10H2,1H3,(H,27,32)(H,29,31). The van der Waals surface area contributed by atoms with Crippen LogP contribution in [0.2, 0.25) is 0 Å². The summed E-state index contributed by atoms with van der Waals surface area (Å²) >= 11 is 0. The van der Waals surface area contributed by atoms with E-state index >= 15 is 0 Å². The fourth-order valence-corrected chi connectivity index (χ4v) is 3.17. The third-order valence-corrected chi connectivity index (χ3v) is 5.14. The van der Waals surface area contributed by atoms with Crippen LogP contribution in [0.5, 0.6) is 0 Å². The van der Waals surface area contributed by atoms with Crippen LogP contribution in [-0.4, -0.2) is 26.6 Å². The molecule has 2 amide bonds. The number of halogens is 3. The summed E-state index contributed by atoms with van der Waals surface area (Å²) in [5.41, 5.74) is 1.34. The van der Waals surface area contributed by atoms with Gasteiger partial charge in [-0.2, -0.15) is 18.3 Å². The highest BCUT2D eigenvalue weighted by Gasteiger charge is 2.31. The number of amides is 2. The highest BCUT2D eigenvalue weighted by molar-refractivity contribution is 5.95. The first kappa shape index (κ1) is 21.5. The second kappa shape index (κ2) is 8.45. The normalized spacial score (nSPS) is 13.6. The molecule has 32 heavy (non-hydrogen) atoms. The van der Waals surface area contributed by atoms with Gasteiger partial charge < -0.3 is 10.6 Å². The average molecular weight is 443 g/mol. The van der Waals surface area contributed by atoms with Crippen LogP contribution >= 0.6 is 0 Å². The number of nitrogens with one attached hydrogen (secondary N) is 2. The Labute approximate surface area is 181 Å². The van der Waals surface area contributed by atoms with Gasteiger partial charge in [-0.1, -0.05) is 12.1 Å². The Bertz CT molecular complexity index is 1150. The molecule has 166 valence electrons. The van der Waals surface area contributed by atoms with E-state index in [2.05, 4.69) is 20.7 Å². The van der Waals surface area contributed by atoms with Crippen molar-refractivity contribution in [3.8, 4) is 5.82 Å². The van der Waals surface area contributed by atoms with Crippen LogP contribution in [0.4, 0.5) is 18.9 Å². The molecule has 4 rings (SSSR count). The molecule has 10 heteroatoms. The summed E-state index contributed by atoms with van der Waals surface area (Å²) < 4.78 is 39.5. The number of carbonyl (C=O) groups is 2. The van der Waals surface area contributed by atoms with E-state index in [-0.39, 0.29) is 35.7 Å². The lowest BCUT2D eigenvalue weighted by molar-refractivity contribution is -0.137. The number of aromatic nitrogens is 3. The number of hydrogen-bond donors (Lipinski definition) is 2. The van der Waals surface area contributed by atoms with Crippen molar-refractivity contribution in [3.05, 3.63) is 71.2 Å². The molecule has 1 aliphatic rings. The van der Waals surface area contributed by atoms with E-state index < -0.39 is 11.7 Å². The Morgan fingerprint density at radius 2 is 1.94 bits per heavy atom. The Morgan fingerprint density at radius 1 is 1.16 bits per heavy atom. The molecular formula is C22H20F3N5O2. The molecule has 1 fully saturated rings. The van der Waals surface area contributed by atoms with Crippen molar-refractivity contribution >= 4 is 17.5 Å². The van der Waals surface area contributed by atoms with Gasteiger partial charge >= 0.3 is 6.18 Å². The van der Waals surface area contributed by atoms with Crippen molar-refractivity contribution in [2.75, 3.05) is 5.32 Å². The second-order valence-electron chi connectivity index (χ2n) is 7.60. The van der Waals surface area contributed by atoms with E-state index in [0.717, 1.165) is 30.7 Å². The zero-order valence-corrected chi connectivity index (χ0v) is 17.1. The molecule has 1 aromatic carbocycles. The van der Waals surface area contributed by atoms with Crippen LogP contribution in [0.1, 0.15) is 40.0 Å². The van der Waals surface area contributed by atoms with E-state index in [1.165, 1.54) is 16.9 Å². The van der Waals surface area contributed by atoms with Gasteiger partial charge in [0.25, 0.3) is 5.91 Å². The van der Waals surface area contributed by atoms with Gasteiger partial charge in [-0.25, -0.2) is 9.67 Å². The van der Waals surface area contributed by atoms with Crippen LogP contribution in [0.15, 0.2) is 48.8 Å². The molecule has 1 aliphatic carbocycles. The average Bonchev–Trinajstić information content (AvgIpc) is 3.54. The summed E-state index contributed by atoms with van der Waals surface area (Å²) in [6.45, 7) is 1.87. The number of benzene rings is 1. The molecule has 2 heterocycles. The maximum Gasteiger partial charge on any atom is 0.417 e. The zero-order valence-electron chi connectivity index (χ0n) is 17.1. The predicted molar refractivity (Wildman–Crippen MR) is 110 cm³/mol. The third kappa shape index (κ3) is 4.79. The minimum atomic E-state index is -4.48. The van der Waals surface area contributed by atoms with Crippen molar-refractivity contribution in [2.45, 2.75) is 32.5 Å². The predicted octanol–water partition coefficient (Wildman–Crippen LogP) is 3.87. The number of alkyl halides is 3. The molecule has 0 radical (unpaired) electrons. The van der Waals surface area contributed by atoms with Gasteiger partial charge in [-0.15, -0.1) is 0 Å². The number of carbonyl (C=O) groups excluding carboxylic acids is 2. The van der Waals surface area contributed by atoms with Gasteiger partial charge in [0.2, 0.25) is 5.91 Å². The van der Waals surface area contributed by atoms with Gasteiger partial charge in [0.05, 0.1) is 23.0 Å². The largest absolute Gasteiger partial charge is 0.417 e. The lowest BCUT2D eigenvalue weighted by atomic mass is 10.2. The Hall–Kier alpha value is -3.69. The lowest BCUT2D eigenvalue weighted by Gasteiger charge is -2.09. The first-order chi connectivity index (χ1) is 15.2. The topological polar surface area (TPSA) is 88.9 Å². The summed E-state index contributed by atoms with van der Waals surface area (Å²) in [6, 6.07) is 9.32. The van der Waals surface area contributed by atoms with E-state index in [4.69, 9.17) is 0 Å². The summed E-state index contributed by atoms with van der Waals surface area (Å²) in [6.07, 6.45) is -0.581. The summed E-state index contributed by atoms with van der Waals surface area (Å²) in [4.78, 5) is 28.3. The molecule has 2 N–H and O–H groups in total. The smallest absolute Gasteiger partial charge is 0.348 e. The summed E-state index contributed by atoms with van der Waals surface area (Å²) in [5.74, 6) is -0.107. The molecule has 0 aliphatic heterocycles. The highest BCUT2D eigenvalue weighted by atomic mass is 19.4. The first-order valence-corrected chi connectivity index (χ1v) is 9.98. The van der Waals surface area contributed by atoms with Gasteiger partial charge in [-0.05, 0) is 49.6 Å². The Morgan fingerprint density at radius 3 is 2.59 bits per heavy atom. The van der Waals surface area contributed by atoms with Crippen molar-refractivity contribution in [2.24, 2.45) is 5.92 Å². The Balaban J connectivity index is 1.41. The number of hydrogen-bond acceptors (Lipinski definition) is 4. The van der Waals surface area contributed by atoms with Crippen molar-refractivity contribution < 1.29 is 22.8 Å². The molecule has 0 spiro atoms. The van der Waals surface area contributed by atoms with E-state index in [1.54, 1.807) is 25.1 Å². The van der Waals surface area contributed by atoms with Crippen LogP contribution in [-0.2, 0) is 17.5 Å². The molecule has 0 unspecified atom stereocenters.